The largest absolute Gasteiger partial charge is 0.378 e. The van der Waals surface area contributed by atoms with Crippen molar-refractivity contribution in [2.75, 3.05) is 36.9 Å². The highest BCUT2D eigenvalue weighted by Gasteiger charge is 2.22. The highest BCUT2D eigenvalue weighted by Crippen LogP contribution is 2.34. The molecule has 3 aromatic rings. The third-order valence-corrected chi connectivity index (χ3v) is 8.39. The molecule has 3 aromatic heterocycles. The molecule has 3 heterocycles. The van der Waals surface area contributed by atoms with Gasteiger partial charge in [-0.3, -0.25) is 0 Å². The van der Waals surface area contributed by atoms with Crippen LogP contribution in [-0.2, 0) is 21.5 Å². The van der Waals surface area contributed by atoms with Crippen molar-refractivity contribution < 1.29 is 18.3 Å². The van der Waals surface area contributed by atoms with E-state index in [2.05, 4.69) is 40.7 Å². The average Bonchev–Trinajstić information content (AvgIpc) is 3.32. The van der Waals surface area contributed by atoms with Gasteiger partial charge in [0.15, 0.2) is 0 Å². The van der Waals surface area contributed by atoms with Gasteiger partial charge in [-0.25, -0.2) is 32.1 Å². The quantitative estimate of drug-likeness (QED) is 0.342. The molecule has 0 aliphatic carbocycles. The summed E-state index contributed by atoms with van der Waals surface area (Å²) in [5.74, 6) is 6.64. The molecular weight excluding hydrogens is 484 g/mol. The first-order valence-corrected chi connectivity index (χ1v) is 16.0. The fourth-order valence-corrected chi connectivity index (χ4v) is 5.72. The van der Waals surface area contributed by atoms with Crippen LogP contribution in [0.3, 0.4) is 0 Å². The van der Waals surface area contributed by atoms with Crippen LogP contribution in [0.1, 0.15) is 33.4 Å². The lowest BCUT2D eigenvalue weighted by Crippen LogP contribution is -2.19. The third kappa shape index (κ3) is 7.58. The summed E-state index contributed by atoms with van der Waals surface area (Å²) in [5.41, 5.74) is 1.24. The molecule has 0 atom stereocenters. The first kappa shape index (κ1) is 27.3. The Kier molecular flexibility index (Phi) is 8.06. The van der Waals surface area contributed by atoms with Gasteiger partial charge in [-0.05, 0) is 50.5 Å². The molecule has 0 spiro atoms. The maximum atomic E-state index is 13.1. The first-order chi connectivity index (χ1) is 16.1. The van der Waals surface area contributed by atoms with Gasteiger partial charge < -0.3 is 9.84 Å². The smallest absolute Gasteiger partial charge is 0.239 e. The van der Waals surface area contributed by atoms with Crippen LogP contribution in [0.5, 0.6) is 0 Å². The monoisotopic (exact) mass is 520 g/mol. The summed E-state index contributed by atoms with van der Waals surface area (Å²) >= 11 is 0. The van der Waals surface area contributed by atoms with E-state index in [4.69, 9.17) is 4.74 Å². The van der Waals surface area contributed by atoms with Gasteiger partial charge in [-0.15, -0.1) is 0 Å². The zero-order chi connectivity index (χ0) is 26.0. The number of fused-ring (bicyclic) bond motifs is 1. The molecule has 8 nitrogen and oxygen atoms in total. The fraction of sp³-hybridized carbons (Fsp3) is 0.520. The predicted molar refractivity (Wildman–Crippen MR) is 144 cm³/mol. The van der Waals surface area contributed by atoms with Gasteiger partial charge in [0.1, 0.15) is 18.0 Å². The van der Waals surface area contributed by atoms with Crippen molar-refractivity contribution in [2.45, 2.75) is 40.0 Å². The summed E-state index contributed by atoms with van der Waals surface area (Å²) in [4.78, 5) is 4.34. The molecule has 0 bridgehead atoms. The SMILES string of the molecule is CC(C)CS(=O)(=O)n1cc(-c2cnn(COCCS(C)(C)C)c2)c2cc(C#CC(C)(C)O)ncc21. The van der Waals surface area contributed by atoms with E-state index in [1.54, 1.807) is 37.0 Å². The van der Waals surface area contributed by atoms with E-state index in [0.29, 0.717) is 35.5 Å². The molecule has 0 saturated carbocycles. The Hall–Kier alpha value is -2.32. The van der Waals surface area contributed by atoms with Crippen molar-refractivity contribution in [3.63, 3.8) is 0 Å². The van der Waals surface area contributed by atoms with Crippen LogP contribution >= 0.6 is 10.0 Å². The zero-order valence-corrected chi connectivity index (χ0v) is 23.2. The summed E-state index contributed by atoms with van der Waals surface area (Å²) in [6.45, 7) is 7.92. The minimum Gasteiger partial charge on any atom is -0.378 e. The predicted octanol–water partition coefficient (Wildman–Crippen LogP) is 3.52. The molecule has 192 valence electrons. The van der Waals surface area contributed by atoms with Crippen molar-refractivity contribution in [2.24, 2.45) is 5.92 Å². The minimum atomic E-state index is -3.60. The molecule has 0 aromatic carbocycles. The molecule has 3 rings (SSSR count). The van der Waals surface area contributed by atoms with Gasteiger partial charge in [0.25, 0.3) is 0 Å². The molecular formula is C25H36N4O4S2. The number of hydrogen-bond donors (Lipinski definition) is 1. The van der Waals surface area contributed by atoms with E-state index in [9.17, 15) is 13.5 Å². The van der Waals surface area contributed by atoms with Gasteiger partial charge in [0.05, 0.1) is 30.3 Å². The zero-order valence-electron chi connectivity index (χ0n) is 21.6. The first-order valence-electron chi connectivity index (χ1n) is 11.4. The lowest BCUT2D eigenvalue weighted by molar-refractivity contribution is 0.0809. The molecule has 0 saturated heterocycles. The number of rotatable bonds is 9. The Balaban J connectivity index is 2.02. The van der Waals surface area contributed by atoms with Crippen molar-refractivity contribution in [1.29, 1.82) is 0 Å². The summed E-state index contributed by atoms with van der Waals surface area (Å²) in [7, 11) is -4.22. The van der Waals surface area contributed by atoms with Crippen molar-refractivity contribution in [3.05, 3.63) is 36.5 Å². The van der Waals surface area contributed by atoms with Gasteiger partial charge in [0.2, 0.25) is 10.0 Å². The number of aliphatic hydroxyl groups is 1. The number of pyridine rings is 1. The van der Waals surface area contributed by atoms with Gasteiger partial charge in [0, 0.05) is 34.7 Å². The highest BCUT2D eigenvalue weighted by atomic mass is 32.3. The van der Waals surface area contributed by atoms with Crippen molar-refractivity contribution in [3.8, 4) is 23.0 Å². The second kappa shape index (κ2) is 10.3. The summed E-state index contributed by atoms with van der Waals surface area (Å²) in [5, 5.41) is 15.1. The molecule has 35 heavy (non-hydrogen) atoms. The fourth-order valence-electron chi connectivity index (χ4n) is 3.38. The topological polar surface area (TPSA) is 99.2 Å². The number of aromatic nitrogens is 4. The van der Waals surface area contributed by atoms with E-state index >= 15 is 0 Å². The molecule has 0 aliphatic heterocycles. The van der Waals surface area contributed by atoms with Crippen molar-refractivity contribution >= 4 is 31.0 Å². The van der Waals surface area contributed by atoms with Crippen LogP contribution in [0.25, 0.3) is 22.0 Å². The minimum absolute atomic E-state index is 0.0132. The third-order valence-electron chi connectivity index (χ3n) is 5.00. The lowest BCUT2D eigenvalue weighted by atomic mass is 10.1. The molecule has 0 aliphatic rings. The normalized spacial score (nSPS) is 13.3. The molecule has 0 amide bonds. The summed E-state index contributed by atoms with van der Waals surface area (Å²) in [6.07, 6.45) is 13.5. The second-order valence-electron chi connectivity index (χ2n) is 10.5. The highest BCUT2D eigenvalue weighted by molar-refractivity contribution is 8.32. The summed E-state index contributed by atoms with van der Waals surface area (Å²) < 4.78 is 35.1. The Labute approximate surface area is 210 Å². The Morgan fingerprint density at radius 1 is 1.17 bits per heavy atom. The molecule has 0 radical (unpaired) electrons. The number of ether oxygens (including phenoxy) is 1. The second-order valence-corrected chi connectivity index (χ2v) is 17.0. The van der Waals surface area contributed by atoms with Crippen molar-refractivity contribution in [1.82, 2.24) is 18.7 Å². The van der Waals surface area contributed by atoms with E-state index in [1.807, 2.05) is 20.0 Å². The maximum Gasteiger partial charge on any atom is 0.239 e. The van der Waals surface area contributed by atoms with Crippen LogP contribution in [0.15, 0.2) is 30.9 Å². The maximum absolute atomic E-state index is 13.1. The lowest BCUT2D eigenvalue weighted by Gasteiger charge is -2.24. The van der Waals surface area contributed by atoms with Gasteiger partial charge in [-0.1, -0.05) is 19.8 Å². The summed E-state index contributed by atoms with van der Waals surface area (Å²) in [6, 6.07) is 1.75. The molecule has 1 N–H and O–H groups in total. The van der Waals surface area contributed by atoms with E-state index in [0.717, 1.165) is 11.3 Å². The molecule has 0 unspecified atom stereocenters. The molecule has 10 heteroatoms. The Bertz CT molecular complexity index is 1350. The molecule has 0 fully saturated rings. The van der Waals surface area contributed by atoms with E-state index in [-0.39, 0.29) is 11.7 Å². The number of nitrogens with zero attached hydrogens (tertiary/aromatic N) is 4. The Morgan fingerprint density at radius 3 is 2.51 bits per heavy atom. The van der Waals surface area contributed by atoms with Crippen LogP contribution in [0, 0.1) is 17.8 Å². The standard InChI is InChI=1S/C25H36N4O4S2/c1-19(2)17-35(31,32)29-16-23(20-13-27-28(15-20)18-33-10-11-34(5,6)7)22-12-21(26-14-24(22)29)8-9-25(3,4)30/h12-16,19,30H,10-11,17-18H2,1-7H3. The van der Waals surface area contributed by atoms with Gasteiger partial charge >= 0.3 is 0 Å². The van der Waals surface area contributed by atoms with Crippen LogP contribution < -0.4 is 0 Å². The van der Waals surface area contributed by atoms with Gasteiger partial charge in [-0.2, -0.15) is 5.10 Å². The van der Waals surface area contributed by atoms with Crippen LogP contribution in [0.4, 0.5) is 0 Å². The number of hydrogen-bond acceptors (Lipinski definition) is 6. The Morgan fingerprint density at radius 2 is 1.89 bits per heavy atom. The average molecular weight is 521 g/mol. The van der Waals surface area contributed by atoms with Crippen LogP contribution in [0.2, 0.25) is 0 Å². The van der Waals surface area contributed by atoms with E-state index in [1.165, 1.54) is 10.2 Å². The van der Waals surface area contributed by atoms with Crippen LogP contribution in [-0.4, -0.2) is 74.7 Å². The van der Waals surface area contributed by atoms with E-state index < -0.39 is 25.7 Å².